The quantitative estimate of drug-likeness (QED) is 0.563. The fraction of sp³-hybridized carbons (Fsp3) is 0.100. The maximum absolute atomic E-state index is 12.3. The summed E-state index contributed by atoms with van der Waals surface area (Å²) < 4.78 is 37.0. The number of carbonyl (C=O) groups is 1. The Labute approximate surface area is 89.2 Å². The maximum atomic E-state index is 12.3. The van der Waals surface area contributed by atoms with E-state index in [0.29, 0.717) is 0 Å². The van der Waals surface area contributed by atoms with Crippen molar-refractivity contribution in [1.82, 2.24) is 0 Å². The smallest absolute Gasteiger partial charge is 0.289 e. The Balaban J connectivity index is 3.28. The van der Waals surface area contributed by atoms with Crippen molar-refractivity contribution in [2.24, 2.45) is 0 Å². The van der Waals surface area contributed by atoms with Crippen molar-refractivity contribution < 1.29 is 18.0 Å². The highest BCUT2D eigenvalue weighted by Gasteiger charge is 2.31. The van der Waals surface area contributed by atoms with Crippen LogP contribution in [0.2, 0.25) is 5.02 Å². The highest BCUT2D eigenvalue weighted by Crippen LogP contribution is 2.31. The fourth-order valence-corrected chi connectivity index (χ4v) is 1.25. The van der Waals surface area contributed by atoms with E-state index in [-0.39, 0.29) is 10.6 Å². The molecule has 5 heteroatoms. The number of halogens is 4. The molecule has 0 aliphatic heterocycles. The zero-order chi connectivity index (χ0) is 11.6. The summed E-state index contributed by atoms with van der Waals surface area (Å²) in [6, 6.07) is 2.68. The van der Waals surface area contributed by atoms with Crippen molar-refractivity contribution in [3.05, 3.63) is 47.0 Å². The highest BCUT2D eigenvalue weighted by atomic mass is 35.5. The van der Waals surface area contributed by atoms with E-state index in [0.717, 1.165) is 18.2 Å². The summed E-state index contributed by atoms with van der Waals surface area (Å²) in [6.45, 7) is 3.18. The van der Waals surface area contributed by atoms with Gasteiger partial charge in [0, 0.05) is 10.6 Å². The summed E-state index contributed by atoms with van der Waals surface area (Å²) in [7, 11) is 0. The van der Waals surface area contributed by atoms with E-state index in [1.807, 2.05) is 0 Å². The lowest BCUT2D eigenvalue weighted by molar-refractivity contribution is -0.137. The van der Waals surface area contributed by atoms with Crippen LogP contribution in [-0.2, 0) is 6.18 Å². The van der Waals surface area contributed by atoms with Crippen LogP contribution in [0.3, 0.4) is 0 Å². The van der Waals surface area contributed by atoms with Gasteiger partial charge in [0.1, 0.15) is 0 Å². The highest BCUT2D eigenvalue weighted by molar-refractivity contribution is 6.31. The number of carbonyl (C=O) groups excluding carboxylic acids is 1. The van der Waals surface area contributed by atoms with Crippen LogP contribution >= 0.6 is 11.6 Å². The molecule has 0 heterocycles. The second-order valence-corrected chi connectivity index (χ2v) is 3.23. The molecule has 0 aromatic heterocycles. The second kappa shape index (κ2) is 4.06. The molecule has 0 N–H and O–H groups in total. The van der Waals surface area contributed by atoms with Gasteiger partial charge in [-0.3, -0.25) is 4.79 Å². The predicted molar refractivity (Wildman–Crippen MR) is 51.0 cm³/mol. The van der Waals surface area contributed by atoms with Crippen molar-refractivity contribution in [2.45, 2.75) is 6.18 Å². The lowest BCUT2D eigenvalue weighted by Crippen LogP contribution is -2.07. The van der Waals surface area contributed by atoms with Crippen molar-refractivity contribution in [3.63, 3.8) is 0 Å². The Hall–Kier alpha value is -1.29. The number of allylic oxidation sites excluding steroid dienone is 1. The van der Waals surface area contributed by atoms with Crippen LogP contribution in [0.25, 0.3) is 0 Å². The first-order valence-electron chi connectivity index (χ1n) is 3.89. The normalized spacial score (nSPS) is 11.2. The van der Waals surface area contributed by atoms with Gasteiger partial charge < -0.3 is 0 Å². The third kappa shape index (κ3) is 2.83. The summed E-state index contributed by atoms with van der Waals surface area (Å²) in [5.74, 6) is -0.594. The lowest BCUT2D eigenvalue weighted by Gasteiger charge is -2.08. The van der Waals surface area contributed by atoms with Gasteiger partial charge in [0.05, 0.1) is 5.56 Å². The predicted octanol–water partition coefficient (Wildman–Crippen LogP) is 3.73. The van der Waals surface area contributed by atoms with E-state index in [2.05, 4.69) is 6.58 Å². The molecule has 0 unspecified atom stereocenters. The molecule has 0 fully saturated rings. The Morgan fingerprint density at radius 2 is 1.93 bits per heavy atom. The van der Waals surface area contributed by atoms with Crippen LogP contribution in [0, 0.1) is 0 Å². The molecular weight excluding hydrogens is 229 g/mol. The third-order valence-electron chi connectivity index (χ3n) is 1.70. The molecule has 0 aliphatic rings. The van der Waals surface area contributed by atoms with E-state index in [9.17, 15) is 18.0 Å². The molecule has 1 rings (SSSR count). The van der Waals surface area contributed by atoms with Gasteiger partial charge in [-0.1, -0.05) is 18.2 Å². The van der Waals surface area contributed by atoms with Crippen molar-refractivity contribution >= 4 is 17.4 Å². The number of hydrogen-bond donors (Lipinski definition) is 0. The fourth-order valence-electron chi connectivity index (χ4n) is 1.01. The summed E-state index contributed by atoms with van der Waals surface area (Å²) in [6.07, 6.45) is -3.58. The number of alkyl halides is 3. The number of hydrogen-bond acceptors (Lipinski definition) is 1. The molecule has 0 radical (unpaired) electrons. The van der Waals surface area contributed by atoms with E-state index in [1.54, 1.807) is 0 Å². The van der Waals surface area contributed by atoms with Gasteiger partial charge >= 0.3 is 6.18 Å². The molecule has 0 saturated heterocycles. The first-order valence-corrected chi connectivity index (χ1v) is 4.27. The van der Waals surface area contributed by atoms with Gasteiger partial charge in [0.2, 0.25) is 0 Å². The van der Waals surface area contributed by atoms with Gasteiger partial charge in [-0.15, -0.1) is 0 Å². The average Bonchev–Trinajstić information content (AvgIpc) is 2.14. The summed E-state index contributed by atoms with van der Waals surface area (Å²) in [4.78, 5) is 11.1. The van der Waals surface area contributed by atoms with E-state index >= 15 is 0 Å². The third-order valence-corrected chi connectivity index (χ3v) is 1.91. The molecular formula is C10H6ClF3O. The number of ketones is 1. The second-order valence-electron chi connectivity index (χ2n) is 2.79. The van der Waals surface area contributed by atoms with Gasteiger partial charge in [0.25, 0.3) is 0 Å². The summed E-state index contributed by atoms with van der Waals surface area (Å²) in [5.41, 5.74) is -1.06. The standard InChI is InChI=1S/C10H6ClF3O/c1-2-9(15)6-3-7(10(12,13)14)5-8(11)4-6/h2-5H,1H2. The molecule has 0 spiro atoms. The zero-order valence-corrected chi connectivity index (χ0v) is 8.19. The monoisotopic (exact) mass is 234 g/mol. The Morgan fingerprint density at radius 3 is 2.40 bits per heavy atom. The Morgan fingerprint density at radius 1 is 1.33 bits per heavy atom. The Bertz CT molecular complexity index is 410. The molecule has 0 saturated carbocycles. The zero-order valence-electron chi connectivity index (χ0n) is 7.44. The lowest BCUT2D eigenvalue weighted by atomic mass is 10.1. The first kappa shape index (κ1) is 11.8. The molecule has 1 aromatic carbocycles. The van der Waals surface area contributed by atoms with Gasteiger partial charge in [0.15, 0.2) is 5.78 Å². The number of rotatable bonds is 2. The van der Waals surface area contributed by atoms with E-state index in [1.165, 1.54) is 6.07 Å². The average molecular weight is 235 g/mol. The van der Waals surface area contributed by atoms with Crippen LogP contribution in [0.15, 0.2) is 30.9 Å². The minimum atomic E-state index is -4.51. The van der Waals surface area contributed by atoms with Crippen molar-refractivity contribution in [2.75, 3.05) is 0 Å². The van der Waals surface area contributed by atoms with Crippen LogP contribution in [0.1, 0.15) is 15.9 Å². The topological polar surface area (TPSA) is 17.1 Å². The number of benzene rings is 1. The van der Waals surface area contributed by atoms with Crippen LogP contribution in [-0.4, -0.2) is 5.78 Å². The molecule has 1 nitrogen and oxygen atoms in total. The molecule has 0 aliphatic carbocycles. The minimum Gasteiger partial charge on any atom is -0.289 e. The molecule has 1 aromatic rings. The van der Waals surface area contributed by atoms with E-state index in [4.69, 9.17) is 11.6 Å². The van der Waals surface area contributed by atoms with Crippen molar-refractivity contribution in [3.8, 4) is 0 Å². The largest absolute Gasteiger partial charge is 0.416 e. The van der Waals surface area contributed by atoms with Gasteiger partial charge in [-0.05, 0) is 24.3 Å². The SMILES string of the molecule is C=CC(=O)c1cc(Cl)cc(C(F)(F)F)c1. The molecule has 15 heavy (non-hydrogen) atoms. The molecule has 0 amide bonds. The Kier molecular flexibility index (Phi) is 3.19. The molecule has 0 bridgehead atoms. The summed E-state index contributed by atoms with van der Waals surface area (Å²) >= 11 is 5.47. The summed E-state index contributed by atoms with van der Waals surface area (Å²) in [5, 5.41) is -0.130. The first-order chi connectivity index (χ1) is 6.84. The molecule has 80 valence electrons. The maximum Gasteiger partial charge on any atom is 0.416 e. The minimum absolute atomic E-state index is 0.121. The van der Waals surface area contributed by atoms with E-state index < -0.39 is 17.5 Å². The van der Waals surface area contributed by atoms with Crippen molar-refractivity contribution in [1.29, 1.82) is 0 Å². The van der Waals surface area contributed by atoms with Crippen LogP contribution in [0.5, 0.6) is 0 Å². The van der Waals surface area contributed by atoms with Gasteiger partial charge in [-0.2, -0.15) is 13.2 Å². The van der Waals surface area contributed by atoms with Crippen LogP contribution in [0.4, 0.5) is 13.2 Å². The van der Waals surface area contributed by atoms with Crippen LogP contribution < -0.4 is 0 Å². The van der Waals surface area contributed by atoms with Gasteiger partial charge in [-0.25, -0.2) is 0 Å². The molecule has 0 atom stereocenters.